The van der Waals surface area contributed by atoms with E-state index in [1.54, 1.807) is 11.3 Å². The quantitative estimate of drug-likeness (QED) is 0.707. The Morgan fingerprint density at radius 1 is 1.20 bits per heavy atom. The van der Waals surface area contributed by atoms with E-state index in [-0.39, 0.29) is 17.3 Å². The molecule has 0 aliphatic heterocycles. The Hall–Kier alpha value is -1.97. The first kappa shape index (κ1) is 17.8. The Morgan fingerprint density at radius 3 is 2.60 bits per heavy atom. The van der Waals surface area contributed by atoms with Gasteiger partial charge in [0.1, 0.15) is 11.5 Å². The van der Waals surface area contributed by atoms with E-state index >= 15 is 0 Å². The van der Waals surface area contributed by atoms with E-state index in [1.165, 1.54) is 28.3 Å². The standard InChI is InChI=1S/C16H16N2O4S3/c1-9-4-7-13(23-9)14-10(2)24-16(17-14)18-15(19)12-6-5-11(22-12)8-25(3,20)21/h4-7H,8H2,1-3H3,(H,17,18,19). The Bertz CT molecular complexity index is 1030. The predicted octanol–water partition coefficient (Wildman–Crippen LogP) is 3.88. The maximum absolute atomic E-state index is 12.3. The van der Waals surface area contributed by atoms with Crippen molar-refractivity contribution in [3.63, 3.8) is 0 Å². The summed E-state index contributed by atoms with van der Waals surface area (Å²) >= 11 is 3.03. The predicted molar refractivity (Wildman–Crippen MR) is 100 cm³/mol. The highest BCUT2D eigenvalue weighted by molar-refractivity contribution is 7.89. The molecule has 0 saturated carbocycles. The molecule has 0 unspecified atom stereocenters. The number of sulfone groups is 1. The minimum Gasteiger partial charge on any atom is -0.455 e. The molecule has 9 heteroatoms. The van der Waals surface area contributed by atoms with Gasteiger partial charge in [0.05, 0.1) is 10.6 Å². The molecule has 0 aliphatic carbocycles. The molecule has 132 valence electrons. The third kappa shape index (κ3) is 4.36. The van der Waals surface area contributed by atoms with Crippen molar-refractivity contribution in [2.45, 2.75) is 19.6 Å². The van der Waals surface area contributed by atoms with E-state index in [0.717, 1.165) is 21.7 Å². The van der Waals surface area contributed by atoms with E-state index in [2.05, 4.69) is 10.3 Å². The van der Waals surface area contributed by atoms with Gasteiger partial charge in [-0.05, 0) is 38.1 Å². The maximum atomic E-state index is 12.3. The fraction of sp³-hybridized carbons (Fsp3) is 0.250. The van der Waals surface area contributed by atoms with E-state index < -0.39 is 15.7 Å². The molecule has 1 amide bonds. The molecule has 0 saturated heterocycles. The molecule has 0 fully saturated rings. The molecule has 0 bridgehead atoms. The number of hydrogen-bond acceptors (Lipinski definition) is 7. The van der Waals surface area contributed by atoms with Crippen LogP contribution >= 0.6 is 22.7 Å². The topological polar surface area (TPSA) is 89.3 Å². The lowest BCUT2D eigenvalue weighted by molar-refractivity contribution is 0.0995. The van der Waals surface area contributed by atoms with Crippen molar-refractivity contribution in [2.75, 3.05) is 11.6 Å². The minimum atomic E-state index is -3.21. The molecule has 3 aromatic heterocycles. The normalized spacial score (nSPS) is 11.6. The van der Waals surface area contributed by atoms with Crippen LogP contribution in [-0.4, -0.2) is 25.6 Å². The van der Waals surface area contributed by atoms with Gasteiger partial charge in [-0.1, -0.05) is 0 Å². The number of carbonyl (C=O) groups is 1. The summed E-state index contributed by atoms with van der Waals surface area (Å²) in [5.74, 6) is -0.404. The van der Waals surface area contributed by atoms with Crippen LogP contribution in [0.4, 0.5) is 5.13 Å². The van der Waals surface area contributed by atoms with Crippen LogP contribution in [0.15, 0.2) is 28.7 Å². The summed E-state index contributed by atoms with van der Waals surface area (Å²) < 4.78 is 27.9. The van der Waals surface area contributed by atoms with Crippen molar-refractivity contribution in [3.8, 4) is 10.6 Å². The number of aromatic nitrogens is 1. The fourth-order valence-electron chi connectivity index (χ4n) is 2.23. The number of nitrogens with one attached hydrogen (secondary N) is 1. The molecular formula is C16H16N2O4S3. The first-order valence-electron chi connectivity index (χ1n) is 7.33. The number of nitrogens with zero attached hydrogens (tertiary/aromatic N) is 1. The summed E-state index contributed by atoms with van der Waals surface area (Å²) in [6.45, 7) is 3.98. The summed E-state index contributed by atoms with van der Waals surface area (Å²) in [4.78, 5) is 20.0. The lowest BCUT2D eigenvalue weighted by Crippen LogP contribution is -2.10. The van der Waals surface area contributed by atoms with E-state index in [9.17, 15) is 13.2 Å². The number of anilines is 1. The van der Waals surface area contributed by atoms with Crippen LogP contribution in [0.25, 0.3) is 10.6 Å². The summed E-state index contributed by atoms with van der Waals surface area (Å²) in [6, 6.07) is 6.99. The number of amides is 1. The first-order chi connectivity index (χ1) is 11.7. The van der Waals surface area contributed by atoms with Gasteiger partial charge in [0, 0.05) is 16.0 Å². The number of hydrogen-bond donors (Lipinski definition) is 1. The highest BCUT2D eigenvalue weighted by Gasteiger charge is 2.17. The molecule has 6 nitrogen and oxygen atoms in total. The summed E-state index contributed by atoms with van der Waals surface area (Å²) in [5.41, 5.74) is 0.857. The molecule has 0 radical (unpaired) electrons. The van der Waals surface area contributed by atoms with Gasteiger partial charge in [-0.3, -0.25) is 10.1 Å². The molecule has 0 aromatic carbocycles. The zero-order valence-electron chi connectivity index (χ0n) is 13.8. The zero-order chi connectivity index (χ0) is 18.2. The highest BCUT2D eigenvalue weighted by atomic mass is 32.2. The van der Waals surface area contributed by atoms with Gasteiger partial charge in [-0.2, -0.15) is 0 Å². The minimum absolute atomic E-state index is 0.0556. The van der Waals surface area contributed by atoms with E-state index in [1.807, 2.05) is 26.0 Å². The monoisotopic (exact) mass is 396 g/mol. The molecule has 1 N–H and O–H groups in total. The number of rotatable bonds is 5. The second kappa shape index (κ2) is 6.74. The Labute approximate surface area is 153 Å². The van der Waals surface area contributed by atoms with Crippen molar-refractivity contribution in [3.05, 3.63) is 45.5 Å². The molecule has 3 aromatic rings. The SMILES string of the molecule is Cc1ccc(-c2nc(NC(=O)c3ccc(CS(C)(=O)=O)o3)sc2C)s1. The van der Waals surface area contributed by atoms with Gasteiger partial charge in [0.2, 0.25) is 0 Å². The van der Waals surface area contributed by atoms with Gasteiger partial charge in [0.15, 0.2) is 20.7 Å². The Kier molecular flexibility index (Phi) is 4.81. The van der Waals surface area contributed by atoms with Gasteiger partial charge in [-0.25, -0.2) is 13.4 Å². The van der Waals surface area contributed by atoms with Gasteiger partial charge in [-0.15, -0.1) is 22.7 Å². The number of aryl methyl sites for hydroxylation is 2. The first-order valence-corrected chi connectivity index (χ1v) is 11.0. The van der Waals surface area contributed by atoms with Gasteiger partial charge >= 0.3 is 0 Å². The van der Waals surface area contributed by atoms with Crippen LogP contribution in [-0.2, 0) is 15.6 Å². The molecular weight excluding hydrogens is 380 g/mol. The lowest BCUT2D eigenvalue weighted by Gasteiger charge is -1.98. The third-order valence-electron chi connectivity index (χ3n) is 3.28. The second-order valence-corrected chi connectivity index (χ2v) is 10.3. The van der Waals surface area contributed by atoms with Crippen molar-refractivity contribution < 1.29 is 17.6 Å². The third-order valence-corrected chi connectivity index (χ3v) is 5.98. The molecule has 25 heavy (non-hydrogen) atoms. The molecule has 0 spiro atoms. The Morgan fingerprint density at radius 2 is 1.96 bits per heavy atom. The van der Waals surface area contributed by atoms with Crippen LogP contribution in [0.3, 0.4) is 0 Å². The highest BCUT2D eigenvalue weighted by Crippen LogP contribution is 2.34. The number of thiophene rings is 1. The number of carbonyl (C=O) groups excluding carboxylic acids is 1. The van der Waals surface area contributed by atoms with Gasteiger partial charge in [0.25, 0.3) is 5.91 Å². The molecule has 0 atom stereocenters. The maximum Gasteiger partial charge on any atom is 0.293 e. The number of thiazole rings is 1. The second-order valence-electron chi connectivity index (χ2n) is 5.62. The van der Waals surface area contributed by atoms with Crippen LogP contribution in [0, 0.1) is 13.8 Å². The van der Waals surface area contributed by atoms with Crippen molar-refractivity contribution in [2.24, 2.45) is 0 Å². The summed E-state index contributed by atoms with van der Waals surface area (Å²) in [6.07, 6.45) is 1.11. The largest absolute Gasteiger partial charge is 0.455 e. The van der Waals surface area contributed by atoms with E-state index in [0.29, 0.717) is 5.13 Å². The van der Waals surface area contributed by atoms with Crippen LogP contribution in [0.2, 0.25) is 0 Å². The summed E-state index contributed by atoms with van der Waals surface area (Å²) in [7, 11) is -3.21. The van der Waals surface area contributed by atoms with Crippen LogP contribution in [0.5, 0.6) is 0 Å². The Balaban J connectivity index is 1.75. The fourth-order valence-corrected chi connectivity index (χ4v) is 4.71. The number of furan rings is 1. The van der Waals surface area contributed by atoms with Crippen LogP contribution < -0.4 is 5.32 Å². The molecule has 3 heterocycles. The van der Waals surface area contributed by atoms with Gasteiger partial charge < -0.3 is 4.42 Å². The lowest BCUT2D eigenvalue weighted by atomic mass is 10.3. The average Bonchev–Trinajstić information content (AvgIpc) is 3.18. The van der Waals surface area contributed by atoms with Crippen molar-refractivity contribution in [1.29, 1.82) is 0 Å². The van der Waals surface area contributed by atoms with Crippen molar-refractivity contribution in [1.82, 2.24) is 4.98 Å². The van der Waals surface area contributed by atoms with Crippen LogP contribution in [0.1, 0.15) is 26.1 Å². The molecule has 0 aliphatic rings. The molecule has 3 rings (SSSR count). The average molecular weight is 397 g/mol. The smallest absolute Gasteiger partial charge is 0.293 e. The summed E-state index contributed by atoms with van der Waals surface area (Å²) in [5, 5.41) is 3.18. The zero-order valence-corrected chi connectivity index (χ0v) is 16.3. The van der Waals surface area contributed by atoms with Crippen molar-refractivity contribution >= 4 is 43.5 Å². The van der Waals surface area contributed by atoms with E-state index in [4.69, 9.17) is 4.42 Å².